The van der Waals surface area contributed by atoms with E-state index in [9.17, 15) is 13.4 Å². The number of hydrogen-bond donors (Lipinski definition) is 1. The van der Waals surface area contributed by atoms with E-state index >= 15 is 0 Å². The van der Waals surface area contributed by atoms with Gasteiger partial charge in [-0.05, 0) is 38.0 Å². The average molecular weight is 327 g/mol. The van der Waals surface area contributed by atoms with Crippen molar-refractivity contribution in [2.45, 2.75) is 49.7 Å². The molecule has 0 aliphatic heterocycles. The van der Waals surface area contributed by atoms with E-state index in [1.165, 1.54) is 25.3 Å². The number of methoxy groups -OCH3 is 1. The van der Waals surface area contributed by atoms with Crippen LogP contribution in [0.2, 0.25) is 0 Å². The molecule has 1 fully saturated rings. The third-order valence-electron chi connectivity index (χ3n) is 4.01. The fraction of sp³-hybridized carbons (Fsp3) is 0.562. The van der Waals surface area contributed by atoms with E-state index in [1.807, 2.05) is 0 Å². The predicted octanol–water partition coefficient (Wildman–Crippen LogP) is 2.53. The summed E-state index contributed by atoms with van der Waals surface area (Å²) in [6.07, 6.45) is 4.23. The maximum absolute atomic E-state index is 13.3. The van der Waals surface area contributed by atoms with Crippen molar-refractivity contribution < 1.29 is 18.1 Å². The van der Waals surface area contributed by atoms with Crippen molar-refractivity contribution in [1.82, 2.24) is 5.32 Å². The molecule has 122 valence electrons. The third kappa shape index (κ3) is 4.29. The summed E-state index contributed by atoms with van der Waals surface area (Å²) in [5, 5.41) is 2.32. The Morgan fingerprint density at radius 2 is 2.14 bits per heavy atom. The van der Waals surface area contributed by atoms with Gasteiger partial charge in [-0.1, -0.05) is 12.8 Å². The van der Waals surface area contributed by atoms with Crippen molar-refractivity contribution in [2.24, 2.45) is 0 Å². The Balaban J connectivity index is 1.98. The highest BCUT2D eigenvalue weighted by Crippen LogP contribution is 2.22. The average Bonchev–Trinajstić information content (AvgIpc) is 2.99. The summed E-state index contributed by atoms with van der Waals surface area (Å²) in [5.41, 5.74) is 0.515. The predicted molar refractivity (Wildman–Crippen MR) is 84.7 cm³/mol. The van der Waals surface area contributed by atoms with Crippen molar-refractivity contribution >= 4 is 16.7 Å². The molecule has 0 bridgehead atoms. The number of rotatable bonds is 6. The summed E-state index contributed by atoms with van der Waals surface area (Å²) in [7, 11) is 0.0573. The molecule has 0 aromatic heterocycles. The number of hydrogen-bond acceptors (Lipinski definition) is 3. The highest BCUT2D eigenvalue weighted by atomic mass is 32.2. The molecule has 0 heterocycles. The van der Waals surface area contributed by atoms with Gasteiger partial charge in [0.2, 0.25) is 5.91 Å². The van der Waals surface area contributed by atoms with Gasteiger partial charge in [-0.25, -0.2) is 4.39 Å². The molecule has 4 nitrogen and oxygen atoms in total. The van der Waals surface area contributed by atoms with Gasteiger partial charge in [-0.15, -0.1) is 0 Å². The van der Waals surface area contributed by atoms with Crippen molar-refractivity contribution in [3.8, 4) is 5.75 Å². The fourth-order valence-electron chi connectivity index (χ4n) is 2.65. The Kier molecular flexibility index (Phi) is 5.94. The minimum atomic E-state index is -1.42. The van der Waals surface area contributed by atoms with Gasteiger partial charge < -0.3 is 10.1 Å². The lowest BCUT2D eigenvalue weighted by molar-refractivity contribution is -0.121. The van der Waals surface area contributed by atoms with Crippen molar-refractivity contribution in [3.63, 3.8) is 0 Å². The Labute approximate surface area is 132 Å². The summed E-state index contributed by atoms with van der Waals surface area (Å²) in [6, 6.07) is 4.31. The smallest absolute Gasteiger partial charge is 0.235 e. The first kappa shape index (κ1) is 16.9. The lowest BCUT2D eigenvalue weighted by Gasteiger charge is -2.17. The zero-order chi connectivity index (χ0) is 16.1. The minimum Gasteiger partial charge on any atom is -0.496 e. The SMILES string of the molecule is COc1ccc(F)cc1CS(=O)C(C)C(=O)NC1CCCC1. The second-order valence-electron chi connectivity index (χ2n) is 5.61. The van der Waals surface area contributed by atoms with Crippen LogP contribution in [-0.2, 0) is 21.3 Å². The van der Waals surface area contributed by atoms with Crippen LogP contribution in [0.15, 0.2) is 18.2 Å². The molecule has 2 unspecified atom stereocenters. The monoisotopic (exact) mass is 327 g/mol. The van der Waals surface area contributed by atoms with Gasteiger partial charge in [0.25, 0.3) is 0 Å². The van der Waals surface area contributed by atoms with Gasteiger partial charge >= 0.3 is 0 Å². The molecule has 22 heavy (non-hydrogen) atoms. The van der Waals surface area contributed by atoms with E-state index in [1.54, 1.807) is 6.92 Å². The Morgan fingerprint density at radius 1 is 1.45 bits per heavy atom. The quantitative estimate of drug-likeness (QED) is 0.873. The highest BCUT2D eigenvalue weighted by Gasteiger charge is 2.25. The molecule has 1 N–H and O–H groups in total. The molecule has 2 rings (SSSR count). The standard InChI is InChI=1S/C16H22FNO3S/c1-11(16(19)18-14-5-3-4-6-14)22(20)10-12-9-13(17)7-8-15(12)21-2/h7-9,11,14H,3-6,10H2,1-2H3,(H,18,19). The van der Waals surface area contributed by atoms with Gasteiger partial charge in [0.1, 0.15) is 16.8 Å². The largest absolute Gasteiger partial charge is 0.496 e. The summed E-state index contributed by atoms with van der Waals surface area (Å²) in [5.74, 6) is -0.0187. The molecule has 1 amide bonds. The first-order valence-electron chi connectivity index (χ1n) is 7.51. The minimum absolute atomic E-state index is 0.0974. The van der Waals surface area contributed by atoms with Crippen molar-refractivity contribution in [2.75, 3.05) is 7.11 Å². The summed E-state index contributed by atoms with van der Waals surface area (Å²) in [4.78, 5) is 12.1. The number of carbonyl (C=O) groups is 1. The van der Waals surface area contributed by atoms with Gasteiger partial charge in [0.15, 0.2) is 0 Å². The van der Waals surface area contributed by atoms with Crippen LogP contribution in [-0.4, -0.2) is 28.5 Å². The number of ether oxygens (including phenoxy) is 1. The molecular formula is C16H22FNO3S. The Morgan fingerprint density at radius 3 is 2.77 bits per heavy atom. The number of amides is 1. The topological polar surface area (TPSA) is 55.4 Å². The van der Waals surface area contributed by atoms with Gasteiger partial charge in [-0.2, -0.15) is 0 Å². The lowest BCUT2D eigenvalue weighted by Crippen LogP contribution is -2.40. The molecular weight excluding hydrogens is 305 g/mol. The maximum Gasteiger partial charge on any atom is 0.235 e. The van der Waals surface area contributed by atoms with Crippen LogP contribution < -0.4 is 10.1 Å². The summed E-state index contributed by atoms with van der Waals surface area (Å²) in [6.45, 7) is 1.65. The molecule has 0 radical (unpaired) electrons. The molecule has 2 atom stereocenters. The molecule has 1 aliphatic rings. The van der Waals surface area contributed by atoms with Crippen molar-refractivity contribution in [3.05, 3.63) is 29.6 Å². The van der Waals surface area contributed by atoms with Crippen LogP contribution >= 0.6 is 0 Å². The molecule has 0 spiro atoms. The fourth-order valence-corrected chi connectivity index (χ4v) is 3.74. The first-order chi connectivity index (χ1) is 10.5. The van der Waals surface area contributed by atoms with E-state index in [0.717, 1.165) is 25.7 Å². The third-order valence-corrected chi connectivity index (χ3v) is 5.60. The van der Waals surface area contributed by atoms with Gasteiger partial charge in [-0.3, -0.25) is 9.00 Å². The molecule has 6 heteroatoms. The van der Waals surface area contributed by atoms with Crippen LogP contribution in [0.4, 0.5) is 4.39 Å². The molecule has 1 aromatic carbocycles. The van der Waals surface area contributed by atoms with E-state index < -0.39 is 21.9 Å². The Bertz CT molecular complexity index is 558. The summed E-state index contributed by atoms with van der Waals surface area (Å²) >= 11 is 0. The maximum atomic E-state index is 13.3. The second-order valence-corrected chi connectivity index (χ2v) is 7.37. The Hall–Kier alpha value is -1.43. The highest BCUT2D eigenvalue weighted by molar-refractivity contribution is 7.85. The zero-order valence-electron chi connectivity index (χ0n) is 12.9. The van der Waals surface area contributed by atoms with Crippen LogP contribution in [0.25, 0.3) is 0 Å². The molecule has 1 saturated carbocycles. The lowest BCUT2D eigenvalue weighted by atomic mass is 10.2. The first-order valence-corrected chi connectivity index (χ1v) is 8.89. The van der Waals surface area contributed by atoms with Gasteiger partial charge in [0.05, 0.1) is 12.9 Å². The molecule has 0 saturated heterocycles. The number of carbonyl (C=O) groups excluding carboxylic acids is 1. The number of nitrogens with one attached hydrogen (secondary N) is 1. The molecule has 1 aromatic rings. The van der Waals surface area contributed by atoms with Crippen LogP contribution in [0.1, 0.15) is 38.2 Å². The zero-order valence-corrected chi connectivity index (χ0v) is 13.7. The van der Waals surface area contributed by atoms with E-state index in [-0.39, 0.29) is 17.7 Å². The number of halogens is 1. The normalized spacial score (nSPS) is 18.0. The van der Waals surface area contributed by atoms with Crippen LogP contribution in [0, 0.1) is 5.82 Å². The van der Waals surface area contributed by atoms with Gasteiger partial charge in [0, 0.05) is 22.4 Å². The molecule has 1 aliphatic carbocycles. The van der Waals surface area contributed by atoms with E-state index in [0.29, 0.717) is 11.3 Å². The van der Waals surface area contributed by atoms with Crippen LogP contribution in [0.5, 0.6) is 5.75 Å². The number of benzene rings is 1. The van der Waals surface area contributed by atoms with E-state index in [4.69, 9.17) is 4.74 Å². The summed E-state index contributed by atoms with van der Waals surface area (Å²) < 4.78 is 30.9. The van der Waals surface area contributed by atoms with Crippen LogP contribution in [0.3, 0.4) is 0 Å². The van der Waals surface area contributed by atoms with Crippen molar-refractivity contribution in [1.29, 1.82) is 0 Å². The van der Waals surface area contributed by atoms with E-state index in [2.05, 4.69) is 5.32 Å². The second kappa shape index (κ2) is 7.72.